The lowest BCUT2D eigenvalue weighted by atomic mass is 10.1. The molecule has 154 valence electrons. The van der Waals surface area contributed by atoms with Crippen molar-refractivity contribution < 1.29 is 4.74 Å². The first-order chi connectivity index (χ1) is 13.0. The Kier molecular flexibility index (Phi) is 8.15. The van der Waals surface area contributed by atoms with Gasteiger partial charge >= 0.3 is 0 Å². The summed E-state index contributed by atoms with van der Waals surface area (Å²) in [5, 5.41) is 8.01. The molecule has 0 aliphatic carbocycles. The minimum Gasteiger partial charge on any atom is -0.488 e. The van der Waals surface area contributed by atoms with E-state index >= 15 is 0 Å². The van der Waals surface area contributed by atoms with Gasteiger partial charge in [0.1, 0.15) is 11.9 Å². The standard InChI is InChI=1S/C21H31N5O.HI/c1-6-22-21(23-12-18-11-16-9-7-8-10-19(16)27-18)25(4)13-17-14-26(5)24-20(17)15(2)3;/h7-10,14-15,18H,6,11-13H2,1-5H3,(H,22,23);1H. The van der Waals surface area contributed by atoms with E-state index in [1.807, 2.05) is 23.9 Å². The number of benzene rings is 1. The van der Waals surface area contributed by atoms with Crippen LogP contribution < -0.4 is 10.1 Å². The molecule has 6 nitrogen and oxygen atoms in total. The lowest BCUT2D eigenvalue weighted by molar-refractivity contribution is 0.241. The maximum Gasteiger partial charge on any atom is 0.194 e. The van der Waals surface area contributed by atoms with E-state index in [0.29, 0.717) is 12.5 Å². The molecule has 0 bridgehead atoms. The second-order valence-corrected chi connectivity index (χ2v) is 7.47. The van der Waals surface area contributed by atoms with Crippen molar-refractivity contribution in [1.29, 1.82) is 0 Å². The van der Waals surface area contributed by atoms with Crippen LogP contribution in [-0.2, 0) is 20.0 Å². The number of aliphatic imine (C=N–C) groups is 1. The fraction of sp³-hybridized carbons (Fsp3) is 0.524. The fourth-order valence-corrected chi connectivity index (χ4v) is 3.51. The largest absolute Gasteiger partial charge is 0.488 e. The quantitative estimate of drug-likeness (QED) is 0.377. The van der Waals surface area contributed by atoms with E-state index in [1.54, 1.807) is 0 Å². The van der Waals surface area contributed by atoms with Crippen LogP contribution in [0.4, 0.5) is 0 Å². The lowest BCUT2D eigenvalue weighted by Crippen LogP contribution is -2.39. The van der Waals surface area contributed by atoms with E-state index in [2.05, 4.69) is 61.5 Å². The number of aromatic nitrogens is 2. The molecule has 3 rings (SSSR count). The number of rotatable bonds is 6. The highest BCUT2D eigenvalue weighted by Gasteiger charge is 2.22. The highest BCUT2D eigenvalue weighted by molar-refractivity contribution is 14.0. The second kappa shape index (κ2) is 10.1. The van der Waals surface area contributed by atoms with Gasteiger partial charge in [0.25, 0.3) is 0 Å². The third-order valence-corrected chi connectivity index (χ3v) is 4.75. The van der Waals surface area contributed by atoms with Gasteiger partial charge < -0.3 is 15.0 Å². The topological polar surface area (TPSA) is 54.7 Å². The molecule has 0 spiro atoms. The summed E-state index contributed by atoms with van der Waals surface area (Å²) in [5.41, 5.74) is 3.66. The van der Waals surface area contributed by atoms with Gasteiger partial charge in [0.2, 0.25) is 0 Å². The summed E-state index contributed by atoms with van der Waals surface area (Å²) >= 11 is 0. The first-order valence-electron chi connectivity index (χ1n) is 9.74. The van der Waals surface area contributed by atoms with Gasteiger partial charge in [-0.05, 0) is 24.5 Å². The molecule has 2 aromatic rings. The van der Waals surface area contributed by atoms with Crippen molar-refractivity contribution in [3.05, 3.63) is 47.3 Å². The number of hydrogen-bond acceptors (Lipinski definition) is 3. The third kappa shape index (κ3) is 5.40. The Morgan fingerprint density at radius 1 is 1.39 bits per heavy atom. The molecule has 0 saturated heterocycles. The van der Waals surface area contributed by atoms with Crippen molar-refractivity contribution in [2.75, 3.05) is 20.1 Å². The zero-order chi connectivity index (χ0) is 19.4. The molecule has 1 aliphatic heterocycles. The van der Waals surface area contributed by atoms with Gasteiger partial charge in [-0.3, -0.25) is 4.68 Å². The molecule has 0 radical (unpaired) electrons. The Labute approximate surface area is 185 Å². The van der Waals surface area contributed by atoms with Crippen molar-refractivity contribution in [3.8, 4) is 5.75 Å². The zero-order valence-corrected chi connectivity index (χ0v) is 19.8. The van der Waals surface area contributed by atoms with Crippen molar-refractivity contribution in [2.24, 2.45) is 12.0 Å². The van der Waals surface area contributed by atoms with Gasteiger partial charge in [-0.15, -0.1) is 24.0 Å². The molecule has 1 unspecified atom stereocenters. The Morgan fingerprint density at radius 3 is 2.82 bits per heavy atom. The smallest absolute Gasteiger partial charge is 0.194 e. The Morgan fingerprint density at radius 2 is 2.14 bits per heavy atom. The van der Waals surface area contributed by atoms with Crippen molar-refractivity contribution in [2.45, 2.75) is 45.8 Å². The van der Waals surface area contributed by atoms with Crippen LogP contribution in [0.3, 0.4) is 0 Å². The normalized spacial score (nSPS) is 15.8. The number of hydrogen-bond donors (Lipinski definition) is 1. The second-order valence-electron chi connectivity index (χ2n) is 7.47. The maximum absolute atomic E-state index is 6.02. The van der Waals surface area contributed by atoms with E-state index in [-0.39, 0.29) is 30.1 Å². The molecular weight excluding hydrogens is 465 g/mol. The zero-order valence-electron chi connectivity index (χ0n) is 17.5. The Balaban J connectivity index is 0.00000280. The van der Waals surface area contributed by atoms with E-state index in [0.717, 1.165) is 36.9 Å². The summed E-state index contributed by atoms with van der Waals surface area (Å²) in [6.45, 7) is 8.71. The summed E-state index contributed by atoms with van der Waals surface area (Å²) in [7, 11) is 4.05. The van der Waals surface area contributed by atoms with E-state index < -0.39 is 0 Å². The number of aryl methyl sites for hydroxylation is 1. The van der Waals surface area contributed by atoms with Crippen molar-refractivity contribution >= 4 is 29.9 Å². The summed E-state index contributed by atoms with van der Waals surface area (Å²) in [6.07, 6.45) is 3.13. The van der Waals surface area contributed by atoms with Crippen LogP contribution in [0, 0.1) is 0 Å². The number of guanidine groups is 1. The molecule has 1 aromatic carbocycles. The molecule has 1 N–H and O–H groups in total. The van der Waals surface area contributed by atoms with E-state index in [4.69, 9.17) is 9.73 Å². The van der Waals surface area contributed by atoms with Crippen LogP contribution in [-0.4, -0.2) is 46.9 Å². The molecule has 7 heteroatoms. The number of para-hydroxylation sites is 1. The predicted molar refractivity (Wildman–Crippen MR) is 125 cm³/mol. The summed E-state index contributed by atoms with van der Waals surface area (Å²) in [6, 6.07) is 8.24. The third-order valence-electron chi connectivity index (χ3n) is 4.75. The monoisotopic (exact) mass is 497 g/mol. The van der Waals surface area contributed by atoms with Crippen LogP contribution >= 0.6 is 24.0 Å². The Hall–Kier alpha value is -1.77. The first-order valence-corrected chi connectivity index (χ1v) is 9.74. The Bertz CT molecular complexity index is 777. The number of halogens is 1. The van der Waals surface area contributed by atoms with Gasteiger partial charge in [-0.25, -0.2) is 4.99 Å². The van der Waals surface area contributed by atoms with Gasteiger partial charge in [-0.2, -0.15) is 5.10 Å². The fourth-order valence-electron chi connectivity index (χ4n) is 3.51. The molecule has 0 saturated carbocycles. The average molecular weight is 497 g/mol. The van der Waals surface area contributed by atoms with Gasteiger partial charge in [0.05, 0.1) is 12.2 Å². The minimum atomic E-state index is 0. The molecular formula is C21H32IN5O. The first kappa shape index (κ1) is 22.5. The maximum atomic E-state index is 6.02. The average Bonchev–Trinajstić information content (AvgIpc) is 3.21. The van der Waals surface area contributed by atoms with Gasteiger partial charge in [0.15, 0.2) is 5.96 Å². The summed E-state index contributed by atoms with van der Waals surface area (Å²) < 4.78 is 7.92. The molecule has 2 heterocycles. The minimum absolute atomic E-state index is 0. The SMILES string of the molecule is CCNC(=NCC1Cc2ccccc2O1)N(C)Cc1cn(C)nc1C(C)C.I. The number of ether oxygens (including phenoxy) is 1. The summed E-state index contributed by atoms with van der Waals surface area (Å²) in [5.74, 6) is 2.29. The molecule has 1 aromatic heterocycles. The molecule has 0 amide bonds. The van der Waals surface area contributed by atoms with E-state index in [9.17, 15) is 0 Å². The van der Waals surface area contributed by atoms with Crippen LogP contribution in [0.15, 0.2) is 35.5 Å². The van der Waals surface area contributed by atoms with E-state index in [1.165, 1.54) is 11.1 Å². The lowest BCUT2D eigenvalue weighted by Gasteiger charge is -2.23. The highest BCUT2D eigenvalue weighted by atomic mass is 127. The molecule has 1 aliphatic rings. The number of nitrogens with one attached hydrogen (secondary N) is 1. The van der Waals surface area contributed by atoms with Gasteiger partial charge in [-0.1, -0.05) is 32.0 Å². The van der Waals surface area contributed by atoms with Crippen LogP contribution in [0.2, 0.25) is 0 Å². The van der Waals surface area contributed by atoms with Crippen molar-refractivity contribution in [1.82, 2.24) is 20.0 Å². The van der Waals surface area contributed by atoms with Crippen LogP contribution in [0.5, 0.6) is 5.75 Å². The predicted octanol–water partition coefficient (Wildman–Crippen LogP) is 3.56. The van der Waals surface area contributed by atoms with Crippen molar-refractivity contribution in [3.63, 3.8) is 0 Å². The number of nitrogens with zero attached hydrogens (tertiary/aromatic N) is 4. The van der Waals surface area contributed by atoms with Crippen LogP contribution in [0.25, 0.3) is 0 Å². The molecule has 28 heavy (non-hydrogen) atoms. The van der Waals surface area contributed by atoms with Crippen LogP contribution in [0.1, 0.15) is 43.5 Å². The molecule has 1 atom stereocenters. The summed E-state index contributed by atoms with van der Waals surface area (Å²) in [4.78, 5) is 7.00. The molecule has 0 fully saturated rings. The number of fused-ring (bicyclic) bond motifs is 1. The van der Waals surface area contributed by atoms with Gasteiger partial charge in [0, 0.05) is 45.4 Å². The highest BCUT2D eigenvalue weighted by Crippen LogP contribution is 2.28.